The standard InChI is InChI=1S/C10H10N2O2/c11-6-8-2-1-4-12-10(8)14-9-3-5-13-7-9/h1-2,4,9H,3,5,7H2. The summed E-state index contributed by atoms with van der Waals surface area (Å²) in [6.07, 6.45) is 2.52. The summed E-state index contributed by atoms with van der Waals surface area (Å²) in [5, 5.41) is 8.79. The van der Waals surface area contributed by atoms with Crippen molar-refractivity contribution < 1.29 is 9.47 Å². The molecule has 1 aromatic heterocycles. The Labute approximate surface area is 82.1 Å². The van der Waals surface area contributed by atoms with E-state index >= 15 is 0 Å². The van der Waals surface area contributed by atoms with E-state index in [9.17, 15) is 0 Å². The smallest absolute Gasteiger partial charge is 0.231 e. The lowest BCUT2D eigenvalue weighted by molar-refractivity contribution is 0.138. The quantitative estimate of drug-likeness (QED) is 0.701. The topological polar surface area (TPSA) is 55.1 Å². The summed E-state index contributed by atoms with van der Waals surface area (Å²) in [7, 11) is 0. The van der Waals surface area contributed by atoms with Gasteiger partial charge in [0.05, 0.1) is 13.2 Å². The van der Waals surface area contributed by atoms with Gasteiger partial charge in [-0.3, -0.25) is 0 Å². The lowest BCUT2D eigenvalue weighted by atomic mass is 10.3. The Kier molecular flexibility index (Phi) is 2.61. The van der Waals surface area contributed by atoms with Gasteiger partial charge in [0.25, 0.3) is 0 Å². The van der Waals surface area contributed by atoms with Crippen LogP contribution in [0, 0.1) is 11.3 Å². The number of hydrogen-bond acceptors (Lipinski definition) is 4. The number of rotatable bonds is 2. The van der Waals surface area contributed by atoms with Crippen LogP contribution in [0.25, 0.3) is 0 Å². The van der Waals surface area contributed by atoms with E-state index in [1.807, 2.05) is 6.07 Å². The summed E-state index contributed by atoms with van der Waals surface area (Å²) in [4.78, 5) is 4.01. The van der Waals surface area contributed by atoms with Crippen LogP contribution in [0.15, 0.2) is 18.3 Å². The molecular weight excluding hydrogens is 180 g/mol. The number of nitrogens with zero attached hydrogens (tertiary/aromatic N) is 2. The molecule has 2 rings (SSSR count). The normalized spacial score (nSPS) is 20.4. The van der Waals surface area contributed by atoms with Crippen molar-refractivity contribution in [3.63, 3.8) is 0 Å². The lowest BCUT2D eigenvalue weighted by Gasteiger charge is -2.10. The van der Waals surface area contributed by atoms with Gasteiger partial charge in [-0.15, -0.1) is 0 Å². The van der Waals surface area contributed by atoms with Gasteiger partial charge in [0.1, 0.15) is 17.7 Å². The third-order valence-corrected chi connectivity index (χ3v) is 2.06. The van der Waals surface area contributed by atoms with Gasteiger partial charge < -0.3 is 9.47 Å². The maximum atomic E-state index is 8.79. The molecule has 0 bridgehead atoms. The number of nitriles is 1. The molecule has 1 aromatic rings. The molecule has 1 unspecified atom stereocenters. The van der Waals surface area contributed by atoms with E-state index in [0.29, 0.717) is 18.1 Å². The van der Waals surface area contributed by atoms with E-state index in [-0.39, 0.29) is 6.10 Å². The van der Waals surface area contributed by atoms with E-state index in [4.69, 9.17) is 14.7 Å². The van der Waals surface area contributed by atoms with Crippen molar-refractivity contribution >= 4 is 0 Å². The maximum Gasteiger partial charge on any atom is 0.231 e. The first-order chi connectivity index (χ1) is 6.90. The van der Waals surface area contributed by atoms with Crippen LogP contribution < -0.4 is 4.74 Å². The number of pyridine rings is 1. The zero-order chi connectivity index (χ0) is 9.80. The SMILES string of the molecule is N#Cc1cccnc1OC1CCOC1. The van der Waals surface area contributed by atoms with Crippen LogP contribution in [-0.2, 0) is 4.74 Å². The fraction of sp³-hybridized carbons (Fsp3) is 0.400. The molecule has 0 aliphatic carbocycles. The number of aromatic nitrogens is 1. The lowest BCUT2D eigenvalue weighted by Crippen LogP contribution is -2.17. The first-order valence-corrected chi connectivity index (χ1v) is 4.49. The second-order valence-electron chi connectivity index (χ2n) is 3.07. The van der Waals surface area contributed by atoms with E-state index in [0.717, 1.165) is 13.0 Å². The van der Waals surface area contributed by atoms with Crippen LogP contribution in [0.3, 0.4) is 0 Å². The van der Waals surface area contributed by atoms with Crippen molar-refractivity contribution in [1.82, 2.24) is 4.98 Å². The zero-order valence-corrected chi connectivity index (χ0v) is 7.64. The fourth-order valence-corrected chi connectivity index (χ4v) is 1.33. The Hall–Kier alpha value is -1.60. The molecule has 1 fully saturated rings. The highest BCUT2D eigenvalue weighted by molar-refractivity contribution is 5.37. The van der Waals surface area contributed by atoms with Crippen molar-refractivity contribution in [1.29, 1.82) is 5.26 Å². The molecule has 1 aliphatic rings. The molecule has 1 saturated heterocycles. The van der Waals surface area contributed by atoms with Gasteiger partial charge in [0, 0.05) is 12.6 Å². The number of hydrogen-bond donors (Lipinski definition) is 0. The van der Waals surface area contributed by atoms with Crippen LogP contribution in [0.1, 0.15) is 12.0 Å². The zero-order valence-electron chi connectivity index (χ0n) is 7.64. The van der Waals surface area contributed by atoms with Crippen LogP contribution in [0.4, 0.5) is 0 Å². The second kappa shape index (κ2) is 4.07. The van der Waals surface area contributed by atoms with Gasteiger partial charge in [-0.1, -0.05) is 0 Å². The van der Waals surface area contributed by atoms with Gasteiger partial charge in [-0.25, -0.2) is 4.98 Å². The summed E-state index contributed by atoms with van der Waals surface area (Å²) in [6, 6.07) is 5.45. The molecule has 2 heterocycles. The molecule has 72 valence electrons. The molecule has 0 N–H and O–H groups in total. The van der Waals surface area contributed by atoms with Crippen LogP contribution in [0.2, 0.25) is 0 Å². The van der Waals surface area contributed by atoms with E-state index in [1.54, 1.807) is 18.3 Å². The third kappa shape index (κ3) is 1.83. The highest BCUT2D eigenvalue weighted by atomic mass is 16.5. The minimum atomic E-state index is 0.0389. The molecule has 0 saturated carbocycles. The molecule has 4 heteroatoms. The largest absolute Gasteiger partial charge is 0.471 e. The number of ether oxygens (including phenoxy) is 2. The van der Waals surface area contributed by atoms with E-state index < -0.39 is 0 Å². The highest BCUT2D eigenvalue weighted by Crippen LogP contribution is 2.17. The minimum Gasteiger partial charge on any atom is -0.471 e. The maximum absolute atomic E-state index is 8.79. The van der Waals surface area contributed by atoms with Crippen molar-refractivity contribution in [2.45, 2.75) is 12.5 Å². The van der Waals surface area contributed by atoms with Gasteiger partial charge in [-0.2, -0.15) is 5.26 Å². The monoisotopic (exact) mass is 190 g/mol. The summed E-state index contributed by atoms with van der Waals surface area (Å²) < 4.78 is 10.7. The average molecular weight is 190 g/mol. The Morgan fingerprint density at radius 2 is 2.57 bits per heavy atom. The predicted molar refractivity (Wildman–Crippen MR) is 48.8 cm³/mol. The Morgan fingerprint density at radius 1 is 1.64 bits per heavy atom. The van der Waals surface area contributed by atoms with Gasteiger partial charge in [0.2, 0.25) is 5.88 Å². The van der Waals surface area contributed by atoms with Gasteiger partial charge in [-0.05, 0) is 12.1 Å². The van der Waals surface area contributed by atoms with E-state index in [1.165, 1.54) is 0 Å². The molecule has 14 heavy (non-hydrogen) atoms. The highest BCUT2D eigenvalue weighted by Gasteiger charge is 2.18. The summed E-state index contributed by atoms with van der Waals surface area (Å²) in [5.74, 6) is 0.408. The average Bonchev–Trinajstić information content (AvgIpc) is 2.71. The van der Waals surface area contributed by atoms with Gasteiger partial charge >= 0.3 is 0 Å². The molecule has 0 spiro atoms. The van der Waals surface area contributed by atoms with Crippen LogP contribution in [0.5, 0.6) is 5.88 Å². The molecule has 4 nitrogen and oxygen atoms in total. The first kappa shape index (κ1) is 8.97. The van der Waals surface area contributed by atoms with E-state index in [2.05, 4.69) is 4.98 Å². The molecule has 0 amide bonds. The van der Waals surface area contributed by atoms with Crippen molar-refractivity contribution in [2.24, 2.45) is 0 Å². The Morgan fingerprint density at radius 3 is 3.29 bits per heavy atom. The first-order valence-electron chi connectivity index (χ1n) is 4.49. The summed E-state index contributed by atoms with van der Waals surface area (Å²) in [6.45, 7) is 1.31. The summed E-state index contributed by atoms with van der Waals surface area (Å²) in [5.41, 5.74) is 0.472. The Balaban J connectivity index is 2.11. The summed E-state index contributed by atoms with van der Waals surface area (Å²) >= 11 is 0. The van der Waals surface area contributed by atoms with Crippen LogP contribution in [-0.4, -0.2) is 24.3 Å². The van der Waals surface area contributed by atoms with Crippen molar-refractivity contribution in [3.05, 3.63) is 23.9 Å². The van der Waals surface area contributed by atoms with Crippen molar-refractivity contribution in [3.8, 4) is 11.9 Å². The molecule has 1 aliphatic heterocycles. The molecule has 0 aromatic carbocycles. The van der Waals surface area contributed by atoms with Gasteiger partial charge in [0.15, 0.2) is 0 Å². The molecule has 1 atom stereocenters. The molecule has 0 radical (unpaired) electrons. The van der Waals surface area contributed by atoms with Crippen LogP contribution >= 0.6 is 0 Å². The predicted octanol–water partition coefficient (Wildman–Crippen LogP) is 1.12. The third-order valence-electron chi connectivity index (χ3n) is 2.06. The molecular formula is C10H10N2O2. The Bertz CT molecular complexity index is 353. The fourth-order valence-electron chi connectivity index (χ4n) is 1.33. The van der Waals surface area contributed by atoms with Crippen molar-refractivity contribution in [2.75, 3.05) is 13.2 Å². The second-order valence-corrected chi connectivity index (χ2v) is 3.07. The minimum absolute atomic E-state index is 0.0389.